The van der Waals surface area contributed by atoms with Crippen LogP contribution in [0.2, 0.25) is 0 Å². The van der Waals surface area contributed by atoms with Gasteiger partial charge < -0.3 is 5.11 Å². The predicted molar refractivity (Wildman–Crippen MR) is 59.8 cm³/mol. The molecule has 0 fully saturated rings. The monoisotopic (exact) mass is 225 g/mol. The van der Waals surface area contributed by atoms with Crippen LogP contribution in [0.15, 0.2) is 24.3 Å². The maximum Gasteiger partial charge on any atom is 0.320 e. The number of hydrogen-bond donors (Lipinski definition) is 1. The third kappa shape index (κ3) is 3.62. The van der Waals surface area contributed by atoms with Gasteiger partial charge in [0.2, 0.25) is 0 Å². The van der Waals surface area contributed by atoms with Gasteiger partial charge in [0.05, 0.1) is 0 Å². The zero-order valence-electron chi connectivity index (χ0n) is 9.48. The molecule has 0 aliphatic rings. The van der Waals surface area contributed by atoms with E-state index >= 15 is 0 Å². The van der Waals surface area contributed by atoms with Crippen molar-refractivity contribution in [2.45, 2.75) is 18.9 Å². The molecule has 0 radical (unpaired) electrons. The molecule has 1 aromatic carbocycles. The number of benzene rings is 1. The highest BCUT2D eigenvalue weighted by Crippen LogP contribution is 2.10. The van der Waals surface area contributed by atoms with Gasteiger partial charge in [-0.05, 0) is 44.6 Å². The Morgan fingerprint density at radius 2 is 2.19 bits per heavy atom. The van der Waals surface area contributed by atoms with E-state index in [9.17, 15) is 9.18 Å². The van der Waals surface area contributed by atoms with Crippen LogP contribution >= 0.6 is 0 Å². The van der Waals surface area contributed by atoms with Crippen LogP contribution in [0.25, 0.3) is 0 Å². The third-order valence-electron chi connectivity index (χ3n) is 2.50. The first-order chi connectivity index (χ1) is 7.50. The van der Waals surface area contributed by atoms with Gasteiger partial charge in [-0.25, -0.2) is 4.39 Å². The number of carboxylic acids is 1. The molecule has 0 aromatic heterocycles. The van der Waals surface area contributed by atoms with Crippen LogP contribution in [0.1, 0.15) is 12.0 Å². The van der Waals surface area contributed by atoms with Gasteiger partial charge in [-0.2, -0.15) is 0 Å². The Labute approximate surface area is 94.5 Å². The summed E-state index contributed by atoms with van der Waals surface area (Å²) in [6.45, 7) is 0. The van der Waals surface area contributed by atoms with E-state index in [0.717, 1.165) is 5.56 Å². The molecule has 0 aliphatic heterocycles. The molecule has 3 nitrogen and oxygen atoms in total. The van der Waals surface area contributed by atoms with E-state index in [-0.39, 0.29) is 5.82 Å². The van der Waals surface area contributed by atoms with Crippen LogP contribution in [-0.4, -0.2) is 36.1 Å². The second-order valence-corrected chi connectivity index (χ2v) is 3.99. The number of aliphatic carboxylic acids is 1. The fraction of sp³-hybridized carbons (Fsp3) is 0.417. The average molecular weight is 225 g/mol. The number of hydrogen-bond acceptors (Lipinski definition) is 2. The molecule has 1 N–H and O–H groups in total. The Morgan fingerprint density at radius 1 is 1.50 bits per heavy atom. The number of likely N-dealkylation sites (N-methyl/N-ethyl adjacent to an activating group) is 1. The van der Waals surface area contributed by atoms with Gasteiger partial charge in [-0.15, -0.1) is 0 Å². The second kappa shape index (κ2) is 5.61. The van der Waals surface area contributed by atoms with Crippen molar-refractivity contribution in [2.75, 3.05) is 14.1 Å². The lowest BCUT2D eigenvalue weighted by atomic mass is 10.0. The molecule has 0 saturated carbocycles. The summed E-state index contributed by atoms with van der Waals surface area (Å²) >= 11 is 0. The standard InChI is InChI=1S/C12H16FNO2/c1-14(2)11(12(15)16)7-6-9-4-3-5-10(13)8-9/h3-5,8,11H,6-7H2,1-2H3,(H,15,16). The van der Waals surface area contributed by atoms with Crippen molar-refractivity contribution < 1.29 is 14.3 Å². The maximum atomic E-state index is 12.9. The molecule has 0 aliphatic carbocycles. The summed E-state index contributed by atoms with van der Waals surface area (Å²) in [6.07, 6.45) is 1.04. The van der Waals surface area contributed by atoms with Gasteiger partial charge in [0.1, 0.15) is 11.9 Å². The van der Waals surface area contributed by atoms with E-state index in [0.29, 0.717) is 12.8 Å². The van der Waals surface area contributed by atoms with Crippen molar-refractivity contribution >= 4 is 5.97 Å². The molecule has 1 atom stereocenters. The summed E-state index contributed by atoms with van der Waals surface area (Å²) in [6, 6.07) is 5.73. The Bertz CT molecular complexity index is 366. The summed E-state index contributed by atoms with van der Waals surface area (Å²) in [5.41, 5.74) is 0.827. The molecule has 0 bridgehead atoms. The molecule has 1 rings (SSSR count). The molecule has 1 aromatic rings. The van der Waals surface area contributed by atoms with Crippen LogP contribution in [-0.2, 0) is 11.2 Å². The number of rotatable bonds is 5. The minimum Gasteiger partial charge on any atom is -0.480 e. The van der Waals surface area contributed by atoms with Crippen LogP contribution in [0.3, 0.4) is 0 Å². The van der Waals surface area contributed by atoms with Crippen LogP contribution in [0.5, 0.6) is 0 Å². The highest BCUT2D eigenvalue weighted by molar-refractivity contribution is 5.73. The normalized spacial score (nSPS) is 12.8. The molecule has 0 amide bonds. The van der Waals surface area contributed by atoms with Gasteiger partial charge in [-0.1, -0.05) is 12.1 Å². The Morgan fingerprint density at radius 3 is 2.69 bits per heavy atom. The zero-order valence-corrected chi connectivity index (χ0v) is 9.48. The first kappa shape index (κ1) is 12.6. The first-order valence-electron chi connectivity index (χ1n) is 5.14. The zero-order chi connectivity index (χ0) is 12.1. The van der Waals surface area contributed by atoms with E-state index < -0.39 is 12.0 Å². The average Bonchev–Trinajstić information content (AvgIpc) is 2.16. The number of nitrogens with zero attached hydrogens (tertiary/aromatic N) is 1. The number of halogens is 1. The fourth-order valence-electron chi connectivity index (χ4n) is 1.60. The van der Waals surface area contributed by atoms with Gasteiger partial charge in [0.25, 0.3) is 0 Å². The van der Waals surface area contributed by atoms with Gasteiger partial charge in [0, 0.05) is 0 Å². The number of carbonyl (C=O) groups is 1. The lowest BCUT2D eigenvalue weighted by Crippen LogP contribution is -2.35. The summed E-state index contributed by atoms with van der Waals surface area (Å²) in [4.78, 5) is 12.6. The summed E-state index contributed by atoms with van der Waals surface area (Å²) in [5.74, 6) is -1.13. The smallest absolute Gasteiger partial charge is 0.320 e. The molecule has 4 heteroatoms. The minimum atomic E-state index is -0.846. The Balaban J connectivity index is 2.59. The maximum absolute atomic E-state index is 12.9. The van der Waals surface area contributed by atoms with Crippen molar-refractivity contribution in [1.29, 1.82) is 0 Å². The minimum absolute atomic E-state index is 0.283. The second-order valence-electron chi connectivity index (χ2n) is 3.99. The van der Waals surface area contributed by atoms with E-state index in [4.69, 9.17) is 5.11 Å². The molecule has 1 unspecified atom stereocenters. The van der Waals surface area contributed by atoms with Gasteiger partial charge >= 0.3 is 5.97 Å². The van der Waals surface area contributed by atoms with Gasteiger partial charge in [-0.3, -0.25) is 9.69 Å². The first-order valence-corrected chi connectivity index (χ1v) is 5.14. The molecule has 16 heavy (non-hydrogen) atoms. The SMILES string of the molecule is CN(C)C(CCc1cccc(F)c1)C(=O)O. The molecule has 0 saturated heterocycles. The Kier molecular flexibility index (Phi) is 4.43. The topological polar surface area (TPSA) is 40.5 Å². The molecular formula is C12H16FNO2. The number of aryl methyl sites for hydroxylation is 1. The van der Waals surface area contributed by atoms with Crippen LogP contribution in [0.4, 0.5) is 4.39 Å². The third-order valence-corrected chi connectivity index (χ3v) is 2.50. The van der Waals surface area contributed by atoms with Crippen LogP contribution in [0, 0.1) is 5.82 Å². The lowest BCUT2D eigenvalue weighted by Gasteiger charge is -2.19. The quantitative estimate of drug-likeness (QED) is 0.830. The van der Waals surface area contributed by atoms with Crippen molar-refractivity contribution in [1.82, 2.24) is 4.90 Å². The number of carboxylic acid groups (broad SMARTS) is 1. The molecule has 0 heterocycles. The highest BCUT2D eigenvalue weighted by Gasteiger charge is 2.19. The van der Waals surface area contributed by atoms with E-state index in [1.54, 1.807) is 31.1 Å². The Hall–Kier alpha value is -1.42. The lowest BCUT2D eigenvalue weighted by molar-refractivity contribution is -0.142. The molecular weight excluding hydrogens is 209 g/mol. The summed E-state index contributed by atoms with van der Waals surface area (Å²) < 4.78 is 12.9. The van der Waals surface area contributed by atoms with Gasteiger partial charge in [0.15, 0.2) is 0 Å². The van der Waals surface area contributed by atoms with Crippen molar-refractivity contribution in [2.24, 2.45) is 0 Å². The predicted octanol–water partition coefficient (Wildman–Crippen LogP) is 1.77. The summed E-state index contributed by atoms with van der Waals surface area (Å²) in [5, 5.41) is 8.96. The molecule has 0 spiro atoms. The van der Waals surface area contributed by atoms with Crippen molar-refractivity contribution in [3.8, 4) is 0 Å². The fourth-order valence-corrected chi connectivity index (χ4v) is 1.60. The van der Waals surface area contributed by atoms with E-state index in [1.165, 1.54) is 12.1 Å². The van der Waals surface area contributed by atoms with Crippen molar-refractivity contribution in [3.05, 3.63) is 35.6 Å². The van der Waals surface area contributed by atoms with Crippen LogP contribution < -0.4 is 0 Å². The van der Waals surface area contributed by atoms with Crippen molar-refractivity contribution in [3.63, 3.8) is 0 Å². The summed E-state index contributed by atoms with van der Waals surface area (Å²) in [7, 11) is 3.45. The molecule has 88 valence electrons. The largest absolute Gasteiger partial charge is 0.480 e. The van der Waals surface area contributed by atoms with E-state index in [1.807, 2.05) is 0 Å². The van der Waals surface area contributed by atoms with E-state index in [2.05, 4.69) is 0 Å². The highest BCUT2D eigenvalue weighted by atomic mass is 19.1.